The summed E-state index contributed by atoms with van der Waals surface area (Å²) in [5.41, 5.74) is 8.29. The molecule has 0 spiro atoms. The molecule has 0 aliphatic heterocycles. The monoisotopic (exact) mass is 256 g/mol. The normalized spacial score (nSPS) is 38.1. The van der Waals surface area contributed by atoms with Gasteiger partial charge >= 0.3 is 0 Å². The first kappa shape index (κ1) is 11.3. The van der Waals surface area contributed by atoms with Gasteiger partial charge in [0.05, 0.1) is 0 Å². The van der Waals surface area contributed by atoms with Crippen molar-refractivity contribution in [3.8, 4) is 0 Å². The van der Waals surface area contributed by atoms with E-state index in [0.717, 1.165) is 29.2 Å². The standard InChI is InChI=1S/C16H20N2O/c1-8-2-3-11(7-12(8)17)16(19)18-15-13-9-4-5-10(6-9)14(13)15/h2-3,7,9-10,13-15H,4-6,17H2,1H3,(H,18,19). The van der Waals surface area contributed by atoms with Crippen molar-refractivity contribution >= 4 is 11.6 Å². The van der Waals surface area contributed by atoms with E-state index in [4.69, 9.17) is 5.73 Å². The predicted molar refractivity (Wildman–Crippen MR) is 74.7 cm³/mol. The van der Waals surface area contributed by atoms with Gasteiger partial charge in [-0.25, -0.2) is 0 Å². The number of hydrogen-bond acceptors (Lipinski definition) is 2. The number of hydrogen-bond donors (Lipinski definition) is 2. The van der Waals surface area contributed by atoms with Crippen molar-refractivity contribution in [2.24, 2.45) is 23.7 Å². The molecule has 1 amide bonds. The Balaban J connectivity index is 1.46. The Morgan fingerprint density at radius 1 is 1.26 bits per heavy atom. The molecule has 3 fully saturated rings. The molecule has 3 nitrogen and oxygen atoms in total. The highest BCUT2D eigenvalue weighted by molar-refractivity contribution is 5.95. The Morgan fingerprint density at radius 2 is 1.95 bits per heavy atom. The lowest BCUT2D eigenvalue weighted by Crippen LogP contribution is -2.30. The first-order valence-corrected chi connectivity index (χ1v) is 7.32. The molecule has 4 unspecified atom stereocenters. The number of fused-ring (bicyclic) bond motifs is 5. The van der Waals surface area contributed by atoms with Crippen molar-refractivity contribution in [2.45, 2.75) is 32.2 Å². The van der Waals surface area contributed by atoms with Gasteiger partial charge in [0.1, 0.15) is 0 Å². The molecule has 2 bridgehead atoms. The van der Waals surface area contributed by atoms with Gasteiger partial charge in [-0.3, -0.25) is 4.79 Å². The van der Waals surface area contributed by atoms with Crippen LogP contribution in [0, 0.1) is 30.6 Å². The van der Waals surface area contributed by atoms with Gasteiger partial charge in [-0.05, 0) is 67.6 Å². The molecule has 3 aliphatic carbocycles. The summed E-state index contributed by atoms with van der Waals surface area (Å²) in [5, 5.41) is 3.23. The zero-order chi connectivity index (χ0) is 13.1. The molecule has 4 atom stereocenters. The molecular weight excluding hydrogens is 236 g/mol. The Hall–Kier alpha value is -1.51. The second kappa shape index (κ2) is 3.75. The third kappa shape index (κ3) is 1.60. The molecular formula is C16H20N2O. The topological polar surface area (TPSA) is 55.1 Å². The number of anilines is 1. The molecule has 1 aromatic carbocycles. The second-order valence-corrected chi connectivity index (χ2v) is 6.56. The van der Waals surface area contributed by atoms with Gasteiger partial charge in [0, 0.05) is 17.3 Å². The predicted octanol–water partition coefficient (Wildman–Crippen LogP) is 2.35. The van der Waals surface area contributed by atoms with E-state index in [1.807, 2.05) is 19.1 Å². The van der Waals surface area contributed by atoms with Crippen LogP contribution in [0.2, 0.25) is 0 Å². The molecule has 100 valence electrons. The maximum Gasteiger partial charge on any atom is 0.251 e. The van der Waals surface area contributed by atoms with Crippen molar-refractivity contribution in [3.63, 3.8) is 0 Å². The van der Waals surface area contributed by atoms with Crippen LogP contribution in [-0.2, 0) is 0 Å². The minimum atomic E-state index is 0.0468. The van der Waals surface area contributed by atoms with Gasteiger partial charge in [-0.2, -0.15) is 0 Å². The van der Waals surface area contributed by atoms with Crippen LogP contribution in [0.4, 0.5) is 5.69 Å². The van der Waals surface area contributed by atoms with Crippen molar-refractivity contribution in [1.29, 1.82) is 0 Å². The van der Waals surface area contributed by atoms with E-state index in [2.05, 4.69) is 5.32 Å². The smallest absolute Gasteiger partial charge is 0.251 e. The van der Waals surface area contributed by atoms with Crippen LogP contribution in [0.15, 0.2) is 18.2 Å². The molecule has 3 N–H and O–H groups in total. The Bertz CT molecular complexity index is 538. The highest BCUT2D eigenvalue weighted by atomic mass is 16.1. The van der Waals surface area contributed by atoms with Gasteiger partial charge in [0.25, 0.3) is 5.91 Å². The quantitative estimate of drug-likeness (QED) is 0.798. The first-order chi connectivity index (χ1) is 9.15. The van der Waals surface area contributed by atoms with Gasteiger partial charge in [0.2, 0.25) is 0 Å². The minimum Gasteiger partial charge on any atom is -0.398 e. The fourth-order valence-corrected chi connectivity index (χ4v) is 4.53. The number of amides is 1. The summed E-state index contributed by atoms with van der Waals surface area (Å²) < 4.78 is 0. The third-order valence-corrected chi connectivity index (χ3v) is 5.57. The maximum absolute atomic E-state index is 12.3. The zero-order valence-electron chi connectivity index (χ0n) is 11.2. The van der Waals surface area contributed by atoms with Crippen LogP contribution >= 0.6 is 0 Å². The van der Waals surface area contributed by atoms with Crippen LogP contribution in [0.3, 0.4) is 0 Å². The van der Waals surface area contributed by atoms with E-state index < -0.39 is 0 Å². The fraction of sp³-hybridized carbons (Fsp3) is 0.562. The highest BCUT2D eigenvalue weighted by Crippen LogP contribution is 2.65. The Morgan fingerprint density at radius 3 is 2.58 bits per heavy atom. The molecule has 3 aliphatic rings. The lowest BCUT2D eigenvalue weighted by molar-refractivity contribution is 0.0944. The molecule has 19 heavy (non-hydrogen) atoms. The van der Waals surface area contributed by atoms with E-state index in [1.165, 1.54) is 19.3 Å². The largest absolute Gasteiger partial charge is 0.398 e. The number of carbonyl (C=O) groups is 1. The van der Waals surface area contributed by atoms with E-state index in [-0.39, 0.29) is 5.91 Å². The number of aryl methyl sites for hydroxylation is 1. The summed E-state index contributed by atoms with van der Waals surface area (Å²) in [6.07, 6.45) is 4.19. The maximum atomic E-state index is 12.3. The Kier molecular flexibility index (Phi) is 2.23. The highest BCUT2D eigenvalue weighted by Gasteiger charge is 2.65. The zero-order valence-corrected chi connectivity index (χ0v) is 11.2. The fourth-order valence-electron chi connectivity index (χ4n) is 4.53. The molecule has 1 aromatic rings. The molecule has 0 heterocycles. The molecule has 0 saturated heterocycles. The lowest BCUT2D eigenvalue weighted by atomic mass is 10.0. The van der Waals surface area contributed by atoms with E-state index >= 15 is 0 Å². The number of carbonyl (C=O) groups excluding carboxylic acids is 1. The average molecular weight is 256 g/mol. The van der Waals surface area contributed by atoms with E-state index in [0.29, 0.717) is 17.3 Å². The number of nitrogens with two attached hydrogens (primary N) is 1. The van der Waals surface area contributed by atoms with E-state index in [9.17, 15) is 4.79 Å². The van der Waals surface area contributed by atoms with E-state index in [1.54, 1.807) is 6.07 Å². The summed E-state index contributed by atoms with van der Waals surface area (Å²) in [4.78, 5) is 12.3. The van der Waals surface area contributed by atoms with Gasteiger partial charge < -0.3 is 11.1 Å². The van der Waals surface area contributed by atoms with Crippen LogP contribution < -0.4 is 11.1 Å². The van der Waals surface area contributed by atoms with Crippen LogP contribution in [0.5, 0.6) is 0 Å². The number of nitrogen functional groups attached to an aromatic ring is 1. The van der Waals surface area contributed by atoms with Gasteiger partial charge in [-0.1, -0.05) is 6.07 Å². The van der Waals surface area contributed by atoms with Crippen LogP contribution in [0.1, 0.15) is 35.2 Å². The molecule has 0 radical (unpaired) electrons. The number of benzene rings is 1. The van der Waals surface area contributed by atoms with Crippen molar-refractivity contribution in [3.05, 3.63) is 29.3 Å². The third-order valence-electron chi connectivity index (χ3n) is 5.57. The second-order valence-electron chi connectivity index (χ2n) is 6.56. The summed E-state index contributed by atoms with van der Waals surface area (Å²) >= 11 is 0. The van der Waals surface area contributed by atoms with Crippen molar-refractivity contribution in [1.82, 2.24) is 5.32 Å². The summed E-state index contributed by atoms with van der Waals surface area (Å²) in [6, 6.07) is 6.02. The van der Waals surface area contributed by atoms with Crippen molar-refractivity contribution in [2.75, 3.05) is 5.73 Å². The lowest BCUT2D eigenvalue weighted by Gasteiger charge is -2.11. The average Bonchev–Trinajstić information content (AvgIpc) is 2.81. The summed E-state index contributed by atoms with van der Waals surface area (Å²) in [7, 11) is 0. The summed E-state index contributed by atoms with van der Waals surface area (Å²) in [5.74, 6) is 3.40. The minimum absolute atomic E-state index is 0.0468. The first-order valence-electron chi connectivity index (χ1n) is 7.32. The van der Waals surface area contributed by atoms with Gasteiger partial charge in [-0.15, -0.1) is 0 Å². The molecule has 3 saturated carbocycles. The SMILES string of the molecule is Cc1ccc(C(=O)NC2C3C4CCC(C4)C23)cc1N. The summed E-state index contributed by atoms with van der Waals surface area (Å²) in [6.45, 7) is 1.96. The van der Waals surface area contributed by atoms with Crippen molar-refractivity contribution < 1.29 is 4.79 Å². The van der Waals surface area contributed by atoms with Crippen LogP contribution in [0.25, 0.3) is 0 Å². The van der Waals surface area contributed by atoms with Gasteiger partial charge in [0.15, 0.2) is 0 Å². The Labute approximate surface area is 113 Å². The number of nitrogens with one attached hydrogen (secondary N) is 1. The number of rotatable bonds is 2. The van der Waals surface area contributed by atoms with Crippen LogP contribution in [-0.4, -0.2) is 11.9 Å². The molecule has 3 heteroatoms. The molecule has 4 rings (SSSR count). The molecule has 0 aromatic heterocycles.